The standard InChI is InChI=1S/C17H19N3O/c1-12(2)20-9-8-19(17(20)21)11-14-10-13(3)18-16-7-5-4-6-15(14)16/h4-10,12H,11H2,1-3H3. The Labute approximate surface area is 123 Å². The van der Waals surface area contributed by atoms with Gasteiger partial charge in [0.2, 0.25) is 0 Å². The van der Waals surface area contributed by atoms with Crippen LogP contribution in [0.3, 0.4) is 0 Å². The van der Waals surface area contributed by atoms with E-state index in [9.17, 15) is 4.79 Å². The van der Waals surface area contributed by atoms with E-state index < -0.39 is 0 Å². The number of hydrogen-bond acceptors (Lipinski definition) is 2. The molecule has 0 amide bonds. The Morgan fingerprint density at radius 3 is 2.67 bits per heavy atom. The quantitative estimate of drug-likeness (QED) is 0.740. The zero-order valence-electron chi connectivity index (χ0n) is 12.6. The van der Waals surface area contributed by atoms with Crippen molar-refractivity contribution in [2.45, 2.75) is 33.4 Å². The molecule has 3 rings (SSSR count). The number of hydrogen-bond donors (Lipinski definition) is 0. The monoisotopic (exact) mass is 281 g/mol. The van der Waals surface area contributed by atoms with E-state index in [0.717, 1.165) is 22.2 Å². The van der Waals surface area contributed by atoms with Crippen molar-refractivity contribution in [2.24, 2.45) is 0 Å². The van der Waals surface area contributed by atoms with Crippen molar-refractivity contribution < 1.29 is 0 Å². The molecule has 4 heteroatoms. The number of para-hydroxylation sites is 1. The Morgan fingerprint density at radius 1 is 1.19 bits per heavy atom. The normalized spacial score (nSPS) is 11.4. The highest BCUT2D eigenvalue weighted by atomic mass is 16.1. The number of benzene rings is 1. The van der Waals surface area contributed by atoms with Crippen molar-refractivity contribution in [3.05, 3.63) is 64.5 Å². The molecular formula is C17H19N3O. The molecule has 0 N–H and O–H groups in total. The lowest BCUT2D eigenvalue weighted by Crippen LogP contribution is -2.25. The second kappa shape index (κ2) is 5.20. The van der Waals surface area contributed by atoms with E-state index in [2.05, 4.69) is 17.1 Å². The molecule has 2 heterocycles. The lowest BCUT2D eigenvalue weighted by atomic mass is 10.1. The highest BCUT2D eigenvalue weighted by Gasteiger charge is 2.09. The first-order valence-corrected chi connectivity index (χ1v) is 7.19. The van der Waals surface area contributed by atoms with Gasteiger partial charge in [-0.3, -0.25) is 14.1 Å². The molecule has 0 fully saturated rings. The number of pyridine rings is 1. The largest absolute Gasteiger partial charge is 0.328 e. The zero-order valence-corrected chi connectivity index (χ0v) is 12.6. The highest BCUT2D eigenvalue weighted by molar-refractivity contribution is 5.82. The average Bonchev–Trinajstić information content (AvgIpc) is 2.80. The van der Waals surface area contributed by atoms with Crippen LogP contribution in [0.25, 0.3) is 10.9 Å². The molecule has 21 heavy (non-hydrogen) atoms. The third-order valence-corrected chi connectivity index (χ3v) is 3.70. The van der Waals surface area contributed by atoms with Crippen LogP contribution in [0.2, 0.25) is 0 Å². The molecule has 1 aromatic carbocycles. The van der Waals surface area contributed by atoms with Gasteiger partial charge in [-0.25, -0.2) is 4.79 Å². The number of fused-ring (bicyclic) bond motifs is 1. The minimum atomic E-state index is 0.0311. The fourth-order valence-electron chi connectivity index (χ4n) is 2.65. The van der Waals surface area contributed by atoms with Gasteiger partial charge < -0.3 is 0 Å². The number of rotatable bonds is 3. The molecule has 0 aliphatic carbocycles. The van der Waals surface area contributed by atoms with Crippen LogP contribution < -0.4 is 5.69 Å². The molecule has 0 aliphatic heterocycles. The summed E-state index contributed by atoms with van der Waals surface area (Å²) >= 11 is 0. The highest BCUT2D eigenvalue weighted by Crippen LogP contribution is 2.18. The van der Waals surface area contributed by atoms with Crippen LogP contribution in [0, 0.1) is 6.92 Å². The van der Waals surface area contributed by atoms with Crippen molar-refractivity contribution in [3.8, 4) is 0 Å². The van der Waals surface area contributed by atoms with E-state index in [1.165, 1.54) is 0 Å². The van der Waals surface area contributed by atoms with Crippen LogP contribution in [0.15, 0.2) is 47.5 Å². The predicted octanol–water partition coefficient (Wildman–Crippen LogP) is 3.14. The van der Waals surface area contributed by atoms with Crippen molar-refractivity contribution in [1.29, 1.82) is 0 Å². The summed E-state index contributed by atoms with van der Waals surface area (Å²) in [6.07, 6.45) is 3.70. The van der Waals surface area contributed by atoms with Crippen molar-refractivity contribution in [2.75, 3.05) is 0 Å². The summed E-state index contributed by atoms with van der Waals surface area (Å²) in [5.74, 6) is 0. The Bertz CT molecular complexity index is 843. The molecule has 0 aliphatic rings. The predicted molar refractivity (Wildman–Crippen MR) is 84.7 cm³/mol. The molecule has 0 unspecified atom stereocenters. The van der Waals surface area contributed by atoms with Crippen LogP contribution in [-0.4, -0.2) is 14.1 Å². The maximum atomic E-state index is 12.3. The van der Waals surface area contributed by atoms with Crippen molar-refractivity contribution in [1.82, 2.24) is 14.1 Å². The number of aryl methyl sites for hydroxylation is 1. The summed E-state index contributed by atoms with van der Waals surface area (Å²) in [6, 6.07) is 10.3. The summed E-state index contributed by atoms with van der Waals surface area (Å²) in [7, 11) is 0. The van der Waals surface area contributed by atoms with E-state index in [0.29, 0.717) is 6.54 Å². The first-order valence-electron chi connectivity index (χ1n) is 7.19. The van der Waals surface area contributed by atoms with E-state index in [4.69, 9.17) is 0 Å². The minimum Gasteiger partial charge on any atom is -0.297 e. The third-order valence-electron chi connectivity index (χ3n) is 3.70. The van der Waals surface area contributed by atoms with Gasteiger partial charge in [0.25, 0.3) is 0 Å². The van der Waals surface area contributed by atoms with Gasteiger partial charge in [0.1, 0.15) is 0 Å². The van der Waals surface area contributed by atoms with Gasteiger partial charge in [0.15, 0.2) is 0 Å². The molecule has 2 aromatic heterocycles. The number of nitrogens with zero attached hydrogens (tertiary/aromatic N) is 3. The number of aromatic nitrogens is 3. The van der Waals surface area contributed by atoms with Crippen LogP contribution >= 0.6 is 0 Å². The maximum Gasteiger partial charge on any atom is 0.328 e. The Balaban J connectivity index is 2.08. The molecule has 4 nitrogen and oxygen atoms in total. The topological polar surface area (TPSA) is 39.8 Å². The van der Waals surface area contributed by atoms with Gasteiger partial charge >= 0.3 is 5.69 Å². The van der Waals surface area contributed by atoms with Gasteiger partial charge in [-0.05, 0) is 38.5 Å². The molecule has 0 atom stereocenters. The molecule has 0 radical (unpaired) electrons. The smallest absolute Gasteiger partial charge is 0.297 e. The van der Waals surface area contributed by atoms with E-state index in [-0.39, 0.29) is 11.7 Å². The summed E-state index contributed by atoms with van der Waals surface area (Å²) in [5, 5.41) is 1.10. The second-order valence-corrected chi connectivity index (χ2v) is 5.65. The van der Waals surface area contributed by atoms with E-state index in [1.807, 2.05) is 51.4 Å². The first-order chi connectivity index (χ1) is 10.1. The molecule has 0 spiro atoms. The van der Waals surface area contributed by atoms with Crippen LogP contribution in [0.4, 0.5) is 0 Å². The molecule has 0 saturated heterocycles. The molecule has 0 bridgehead atoms. The summed E-state index contributed by atoms with van der Waals surface area (Å²) in [5.41, 5.74) is 3.11. The fourth-order valence-corrected chi connectivity index (χ4v) is 2.65. The van der Waals surface area contributed by atoms with Crippen LogP contribution in [-0.2, 0) is 6.54 Å². The van der Waals surface area contributed by atoms with Gasteiger partial charge in [-0.15, -0.1) is 0 Å². The zero-order chi connectivity index (χ0) is 15.0. The molecular weight excluding hydrogens is 262 g/mol. The molecule has 0 saturated carbocycles. The van der Waals surface area contributed by atoms with E-state index >= 15 is 0 Å². The van der Waals surface area contributed by atoms with Gasteiger partial charge in [0.05, 0.1) is 12.1 Å². The van der Waals surface area contributed by atoms with Crippen LogP contribution in [0.5, 0.6) is 0 Å². The fraction of sp³-hybridized carbons (Fsp3) is 0.294. The summed E-state index contributed by atoms with van der Waals surface area (Å²) < 4.78 is 3.50. The molecule has 3 aromatic rings. The van der Waals surface area contributed by atoms with Crippen molar-refractivity contribution in [3.63, 3.8) is 0 Å². The first kappa shape index (κ1) is 13.6. The molecule has 108 valence electrons. The summed E-state index contributed by atoms with van der Waals surface area (Å²) in [6.45, 7) is 6.58. The SMILES string of the molecule is Cc1cc(Cn2ccn(C(C)C)c2=O)c2ccccc2n1. The third kappa shape index (κ3) is 2.49. The Morgan fingerprint density at radius 2 is 1.95 bits per heavy atom. The second-order valence-electron chi connectivity index (χ2n) is 5.65. The number of imidazole rings is 1. The minimum absolute atomic E-state index is 0.0311. The Kier molecular flexibility index (Phi) is 3.37. The van der Waals surface area contributed by atoms with Gasteiger partial charge in [-0.1, -0.05) is 18.2 Å². The lowest BCUT2D eigenvalue weighted by molar-refractivity contribution is 0.561. The maximum absolute atomic E-state index is 12.3. The summed E-state index contributed by atoms with van der Waals surface area (Å²) in [4.78, 5) is 16.9. The average molecular weight is 281 g/mol. The van der Waals surface area contributed by atoms with Gasteiger partial charge in [0, 0.05) is 29.5 Å². The lowest BCUT2D eigenvalue weighted by Gasteiger charge is -2.09. The van der Waals surface area contributed by atoms with Crippen molar-refractivity contribution >= 4 is 10.9 Å². The van der Waals surface area contributed by atoms with Crippen LogP contribution in [0.1, 0.15) is 31.1 Å². The Hall–Kier alpha value is -2.36. The van der Waals surface area contributed by atoms with Gasteiger partial charge in [-0.2, -0.15) is 0 Å². The van der Waals surface area contributed by atoms with E-state index in [1.54, 1.807) is 9.13 Å².